The molecule has 0 fully saturated rings. The molecule has 33 heteroatoms. The van der Waals surface area contributed by atoms with Crippen LogP contribution in [0, 0.1) is 6.92 Å². The molecule has 44 heavy (non-hydrogen) atoms. The molecule has 0 aliphatic heterocycles. The summed E-state index contributed by atoms with van der Waals surface area (Å²) in [4.78, 5) is 131. The fourth-order valence-corrected chi connectivity index (χ4v) is 2.71. The van der Waals surface area contributed by atoms with Crippen molar-refractivity contribution in [2.75, 3.05) is 0 Å². The molecule has 25 nitrogen and oxygen atoms in total. The standard InChI is InChI=1S/C11H11ClNS.6H3O4P/c1-3-6-13-8(2)14-11-5-4-9(12)7-10(11)13;6*1-5(2,3)4/h3-5,7H,1,6H2,2H3;6*(H3,1,2,3,4)/q+1;;;;;;/p-1. The largest absolute Gasteiger partial charge is 0.756 e. The van der Waals surface area contributed by atoms with Crippen molar-refractivity contribution in [1.29, 1.82) is 0 Å². The molecule has 0 aliphatic carbocycles. The van der Waals surface area contributed by atoms with Gasteiger partial charge < -0.3 is 88.1 Å². The summed E-state index contributed by atoms with van der Waals surface area (Å²) in [6.07, 6.45) is 1.90. The Morgan fingerprint density at radius 1 is 0.705 bits per heavy atom. The van der Waals surface area contributed by atoms with Crippen LogP contribution in [0.15, 0.2) is 30.9 Å². The van der Waals surface area contributed by atoms with E-state index >= 15 is 0 Å². The molecule has 0 atom stereocenters. The summed E-state index contributed by atoms with van der Waals surface area (Å²) in [7, 11) is -28.1. The molecule has 1 aromatic heterocycles. The predicted molar refractivity (Wildman–Crippen MR) is 145 cm³/mol. The van der Waals surface area contributed by atoms with Gasteiger partial charge in [-0.15, -0.1) is 0 Å². The van der Waals surface area contributed by atoms with Gasteiger partial charge in [0.15, 0.2) is 6.54 Å². The van der Waals surface area contributed by atoms with Crippen LogP contribution in [0.25, 0.3) is 10.2 Å². The van der Waals surface area contributed by atoms with Crippen LogP contribution in [0.2, 0.25) is 5.02 Å². The zero-order valence-electron chi connectivity index (χ0n) is 21.1. The third-order valence-electron chi connectivity index (χ3n) is 2.16. The van der Waals surface area contributed by atoms with Gasteiger partial charge in [0, 0.05) is 18.0 Å². The zero-order valence-corrected chi connectivity index (χ0v) is 28.0. The number of aryl methyl sites for hydroxylation is 1. The number of phosphoric acid groups is 6. The normalized spacial score (nSPS) is 11.5. The predicted octanol–water partition coefficient (Wildman–Crippen LogP) is -2.87. The van der Waals surface area contributed by atoms with E-state index in [9.17, 15) is 0 Å². The third-order valence-corrected chi connectivity index (χ3v) is 3.48. The van der Waals surface area contributed by atoms with Crippen molar-refractivity contribution in [1.82, 2.24) is 0 Å². The van der Waals surface area contributed by atoms with Crippen LogP contribution >= 0.6 is 69.9 Å². The topological polar surface area (TPSA) is 473 Å². The van der Waals surface area contributed by atoms with Crippen LogP contribution < -0.4 is 9.46 Å². The molecular weight excluding hydrogens is 783 g/mol. The molecular formula is C11H28ClNO24P6S. The maximum absolute atomic E-state index is 8.88. The number of fused-ring (bicyclic) bond motifs is 1. The molecule has 2 rings (SSSR count). The van der Waals surface area contributed by atoms with Crippen molar-refractivity contribution >= 4 is 80.1 Å². The van der Waals surface area contributed by atoms with Crippen LogP contribution in [0.4, 0.5) is 0 Å². The van der Waals surface area contributed by atoms with Crippen LogP contribution in [0.5, 0.6) is 0 Å². The van der Waals surface area contributed by atoms with Crippen molar-refractivity contribution < 1.29 is 120 Å². The summed E-state index contributed by atoms with van der Waals surface area (Å²) < 4.78 is 56.7. The molecule has 17 N–H and O–H groups in total. The monoisotopic (exact) mass is 811 g/mol. The maximum Gasteiger partial charge on any atom is 0.466 e. The molecule has 1 heterocycles. The molecule has 0 saturated heterocycles. The van der Waals surface area contributed by atoms with E-state index in [1.165, 1.54) is 15.2 Å². The smallest absolute Gasteiger partial charge is 0.466 e. The summed E-state index contributed by atoms with van der Waals surface area (Å²) in [6, 6.07) is 6.00. The van der Waals surface area contributed by atoms with Crippen LogP contribution in [0.3, 0.4) is 0 Å². The molecule has 1 aromatic carbocycles. The Labute approximate surface area is 254 Å². The summed E-state index contributed by atoms with van der Waals surface area (Å²) in [5, 5.41) is 2.07. The van der Waals surface area contributed by atoms with Crippen LogP contribution in [0.1, 0.15) is 5.01 Å². The lowest BCUT2D eigenvalue weighted by Gasteiger charge is -2.01. The minimum Gasteiger partial charge on any atom is -0.756 e. The Hall–Kier alpha value is -0.200. The van der Waals surface area contributed by atoms with E-state index in [2.05, 4.69) is 24.1 Å². The number of aromatic nitrogens is 1. The lowest BCUT2D eigenvalue weighted by Crippen LogP contribution is -2.33. The number of benzene rings is 1. The summed E-state index contributed by atoms with van der Waals surface area (Å²) >= 11 is 7.75. The molecule has 0 radical (unpaired) electrons. The lowest BCUT2D eigenvalue weighted by molar-refractivity contribution is -0.662. The van der Waals surface area contributed by atoms with Crippen molar-refractivity contribution in [3.8, 4) is 0 Å². The zero-order chi connectivity index (χ0) is 37.1. The van der Waals surface area contributed by atoms with E-state index < -0.39 is 46.9 Å². The van der Waals surface area contributed by atoms with Gasteiger partial charge in [0.2, 0.25) is 10.5 Å². The Balaban J connectivity index is -0.000000145. The molecule has 0 spiro atoms. The van der Waals surface area contributed by atoms with Crippen molar-refractivity contribution in [2.45, 2.75) is 13.5 Å². The first-order valence-corrected chi connectivity index (χ1v) is 19.6. The van der Waals surface area contributed by atoms with E-state index in [4.69, 9.17) is 127 Å². The second kappa shape index (κ2) is 23.2. The van der Waals surface area contributed by atoms with Gasteiger partial charge >= 0.3 is 39.1 Å². The third kappa shape index (κ3) is 90.0. The molecule has 0 bridgehead atoms. The van der Waals surface area contributed by atoms with Crippen molar-refractivity contribution in [3.05, 3.63) is 40.9 Å². The Kier molecular flexibility index (Phi) is 28.1. The Bertz CT molecular complexity index is 1190. The minimum absolute atomic E-state index is 0.785. The number of hydrogen-bond acceptors (Lipinski definition) is 8. The van der Waals surface area contributed by atoms with E-state index in [0.29, 0.717) is 0 Å². The summed E-state index contributed by atoms with van der Waals surface area (Å²) in [6.45, 7) is 6.71. The van der Waals surface area contributed by atoms with Crippen LogP contribution in [-0.2, 0) is 33.9 Å². The van der Waals surface area contributed by atoms with E-state index in [1.54, 1.807) is 11.3 Å². The first kappa shape index (κ1) is 53.3. The highest BCUT2D eigenvalue weighted by molar-refractivity contribution is 7.46. The maximum atomic E-state index is 8.88. The number of allylic oxidation sites excluding steroid dienone is 1. The number of nitrogens with zero attached hydrogens (tertiary/aromatic N) is 1. The van der Waals surface area contributed by atoms with Gasteiger partial charge in [0.25, 0.3) is 7.82 Å². The minimum atomic E-state index is -4.89. The second-order valence-corrected chi connectivity index (χ2v) is 14.0. The Morgan fingerprint density at radius 3 is 1.18 bits per heavy atom. The number of rotatable bonds is 2. The fraction of sp³-hybridized carbons (Fsp3) is 0.182. The molecule has 0 aliphatic rings. The average molecular weight is 812 g/mol. The van der Waals surface area contributed by atoms with E-state index in [1.807, 2.05) is 18.2 Å². The molecule has 0 unspecified atom stereocenters. The molecule has 0 amide bonds. The number of hydrogen-bond donors (Lipinski definition) is 17. The van der Waals surface area contributed by atoms with Crippen molar-refractivity contribution in [2.24, 2.45) is 0 Å². The summed E-state index contributed by atoms with van der Waals surface area (Å²) in [5.74, 6) is 0. The first-order chi connectivity index (χ1) is 18.7. The molecule has 2 aromatic rings. The number of thiazole rings is 1. The van der Waals surface area contributed by atoms with Crippen molar-refractivity contribution in [3.63, 3.8) is 0 Å². The van der Waals surface area contributed by atoms with Gasteiger partial charge in [-0.3, -0.25) is 4.57 Å². The van der Waals surface area contributed by atoms with Gasteiger partial charge in [-0.25, -0.2) is 22.8 Å². The Morgan fingerprint density at radius 2 is 0.955 bits per heavy atom. The van der Waals surface area contributed by atoms with E-state index in [-0.39, 0.29) is 0 Å². The average Bonchev–Trinajstić information content (AvgIpc) is 2.89. The van der Waals surface area contributed by atoms with E-state index in [0.717, 1.165) is 11.6 Å². The quantitative estimate of drug-likeness (QED) is 0.0823. The van der Waals surface area contributed by atoms with Crippen LogP contribution in [-0.4, -0.2) is 83.2 Å². The molecule has 264 valence electrons. The first-order valence-electron chi connectivity index (χ1n) is 9.09. The van der Waals surface area contributed by atoms with Gasteiger partial charge in [-0.05, 0) is 18.2 Å². The highest BCUT2D eigenvalue weighted by Crippen LogP contribution is 2.28. The molecule has 0 saturated carbocycles. The SMILES string of the molecule is C=CC[n+]1c(C)sc2ccc(Cl)cc21.O=P(O)(O)O.O=P(O)(O)O.O=P(O)(O)O.O=P(O)(O)O.O=P(O)(O)O.O=P([O-])(O)O. The summed E-state index contributed by atoms with van der Waals surface area (Å²) in [5.41, 5.74) is 1.19. The second-order valence-electron chi connectivity index (χ2n) is 6.19. The number of halogens is 1. The highest BCUT2D eigenvalue weighted by Gasteiger charge is 2.15. The van der Waals surface area contributed by atoms with Gasteiger partial charge in [0.1, 0.15) is 4.70 Å². The van der Waals surface area contributed by atoms with Gasteiger partial charge in [0.05, 0.1) is 0 Å². The lowest BCUT2D eigenvalue weighted by atomic mass is 10.3. The highest BCUT2D eigenvalue weighted by atomic mass is 35.5. The van der Waals surface area contributed by atoms with Gasteiger partial charge in [-0.1, -0.05) is 29.5 Å². The van der Waals surface area contributed by atoms with Gasteiger partial charge in [-0.2, -0.15) is 4.57 Å². The fourth-order valence-electron chi connectivity index (χ4n) is 1.53.